The summed E-state index contributed by atoms with van der Waals surface area (Å²) in [6.07, 6.45) is -2.79. The summed E-state index contributed by atoms with van der Waals surface area (Å²) in [7, 11) is 0. The van der Waals surface area contributed by atoms with E-state index in [0.717, 1.165) is 17.3 Å². The summed E-state index contributed by atoms with van der Waals surface area (Å²) in [5, 5.41) is 13.4. The topological polar surface area (TPSA) is 53.3 Å². The van der Waals surface area contributed by atoms with Crippen LogP contribution in [0.1, 0.15) is 40.3 Å². The Morgan fingerprint density at radius 2 is 1.84 bits per heavy atom. The minimum Gasteiger partial charge on any atom is -0.395 e. The van der Waals surface area contributed by atoms with E-state index in [1.54, 1.807) is 23.8 Å². The Labute approximate surface area is 189 Å². The Bertz CT molecular complexity index is 1130. The monoisotopic (exact) mass is 460 g/mol. The van der Waals surface area contributed by atoms with E-state index >= 15 is 0 Å². The van der Waals surface area contributed by atoms with Gasteiger partial charge >= 0.3 is 6.18 Å². The van der Waals surface area contributed by atoms with E-state index in [1.807, 2.05) is 36.1 Å². The molecule has 1 aliphatic heterocycles. The molecule has 3 aromatic rings. The molecule has 9 heteroatoms. The van der Waals surface area contributed by atoms with E-state index in [2.05, 4.69) is 10.3 Å². The van der Waals surface area contributed by atoms with Gasteiger partial charge in [-0.15, -0.1) is 0 Å². The highest BCUT2D eigenvalue weighted by Gasteiger charge is 2.41. The van der Waals surface area contributed by atoms with Gasteiger partial charge in [-0.05, 0) is 62.0 Å². The lowest BCUT2D eigenvalue weighted by molar-refractivity contribution is -0.137. The van der Waals surface area contributed by atoms with Crippen LogP contribution < -0.4 is 5.32 Å². The lowest BCUT2D eigenvalue weighted by Gasteiger charge is -2.27. The quantitative estimate of drug-likeness (QED) is 0.550. The average Bonchev–Trinajstić information content (AvgIpc) is 3.24. The molecule has 1 aromatic carbocycles. The summed E-state index contributed by atoms with van der Waals surface area (Å²) < 4.78 is 42.8. The van der Waals surface area contributed by atoms with Crippen LogP contribution >= 0.6 is 12.2 Å². The minimum atomic E-state index is -4.48. The van der Waals surface area contributed by atoms with Crippen molar-refractivity contribution in [2.24, 2.45) is 0 Å². The van der Waals surface area contributed by atoms with E-state index < -0.39 is 11.7 Å². The Hall–Kier alpha value is -2.91. The second-order valence-electron chi connectivity index (χ2n) is 7.72. The molecule has 1 aliphatic rings. The summed E-state index contributed by atoms with van der Waals surface area (Å²) in [5.41, 5.74) is 2.34. The fraction of sp³-hybridized carbons (Fsp3) is 0.304. The van der Waals surface area contributed by atoms with Gasteiger partial charge in [0.25, 0.3) is 0 Å². The summed E-state index contributed by atoms with van der Waals surface area (Å²) in [5.74, 6) is 0. The first-order chi connectivity index (χ1) is 15.2. The van der Waals surface area contributed by atoms with Crippen molar-refractivity contribution in [3.05, 3.63) is 82.9 Å². The van der Waals surface area contributed by atoms with Crippen LogP contribution in [0.5, 0.6) is 0 Å². The standard InChI is InChI=1S/C23H23F3N4OS/c1-14-13-16(15(2)30(14)19-9-4-3-7-17(19)23(24,25)26)21-20(18-8-5-6-10-27-18)28-22(32)29(21)11-12-31/h3-10,13,20-21,31H,11-12H2,1-2H3,(H,28,32). The van der Waals surface area contributed by atoms with Crippen molar-refractivity contribution in [1.82, 2.24) is 19.8 Å². The predicted molar refractivity (Wildman–Crippen MR) is 119 cm³/mol. The molecule has 2 unspecified atom stereocenters. The Balaban J connectivity index is 1.87. The van der Waals surface area contributed by atoms with Crippen molar-refractivity contribution in [3.8, 4) is 5.69 Å². The maximum atomic E-state index is 13.7. The molecule has 0 amide bonds. The van der Waals surface area contributed by atoms with E-state index in [9.17, 15) is 18.3 Å². The fourth-order valence-corrected chi connectivity index (χ4v) is 4.79. The van der Waals surface area contributed by atoms with Crippen molar-refractivity contribution in [2.45, 2.75) is 32.1 Å². The van der Waals surface area contributed by atoms with Crippen molar-refractivity contribution in [2.75, 3.05) is 13.2 Å². The summed E-state index contributed by atoms with van der Waals surface area (Å²) in [4.78, 5) is 6.33. The maximum Gasteiger partial charge on any atom is 0.418 e. The highest BCUT2D eigenvalue weighted by Crippen LogP contribution is 2.42. The van der Waals surface area contributed by atoms with Crippen LogP contribution in [0, 0.1) is 13.8 Å². The van der Waals surface area contributed by atoms with Gasteiger partial charge in [0.05, 0.1) is 35.6 Å². The van der Waals surface area contributed by atoms with Gasteiger partial charge in [-0.1, -0.05) is 18.2 Å². The number of nitrogens with one attached hydrogen (secondary N) is 1. The molecular weight excluding hydrogens is 437 g/mol. The van der Waals surface area contributed by atoms with Gasteiger partial charge in [-0.2, -0.15) is 13.2 Å². The number of β-amino-alcohol motifs (C(OH)–C–C–N with tert-alkyl or cyclic N) is 1. The third kappa shape index (κ3) is 3.86. The molecule has 2 N–H and O–H groups in total. The predicted octanol–water partition coefficient (Wildman–Crippen LogP) is 4.47. The lowest BCUT2D eigenvalue weighted by atomic mass is 9.97. The van der Waals surface area contributed by atoms with Crippen LogP contribution in [0.15, 0.2) is 54.7 Å². The van der Waals surface area contributed by atoms with Crippen LogP contribution in [0.4, 0.5) is 13.2 Å². The van der Waals surface area contributed by atoms with Gasteiger partial charge in [0.2, 0.25) is 0 Å². The number of hydrogen-bond donors (Lipinski definition) is 2. The molecule has 0 aliphatic carbocycles. The van der Waals surface area contributed by atoms with E-state index in [4.69, 9.17) is 12.2 Å². The molecule has 5 nitrogen and oxygen atoms in total. The zero-order valence-electron chi connectivity index (χ0n) is 17.6. The molecular formula is C23H23F3N4OS. The number of rotatable bonds is 5. The Morgan fingerprint density at radius 3 is 2.50 bits per heavy atom. The molecule has 0 radical (unpaired) electrons. The number of aryl methyl sites for hydroxylation is 1. The highest BCUT2D eigenvalue weighted by atomic mass is 32.1. The highest BCUT2D eigenvalue weighted by molar-refractivity contribution is 7.80. The molecule has 0 bridgehead atoms. The first-order valence-electron chi connectivity index (χ1n) is 10.2. The summed E-state index contributed by atoms with van der Waals surface area (Å²) >= 11 is 5.53. The lowest BCUT2D eigenvalue weighted by Crippen LogP contribution is -2.32. The third-order valence-corrected chi connectivity index (χ3v) is 6.13. The largest absolute Gasteiger partial charge is 0.418 e. The number of aliphatic hydroxyl groups is 1. The van der Waals surface area contributed by atoms with E-state index in [1.165, 1.54) is 12.1 Å². The van der Waals surface area contributed by atoms with Gasteiger partial charge in [0.15, 0.2) is 5.11 Å². The van der Waals surface area contributed by atoms with Crippen molar-refractivity contribution in [1.29, 1.82) is 0 Å². The van der Waals surface area contributed by atoms with E-state index in [-0.39, 0.29) is 24.4 Å². The first-order valence-corrected chi connectivity index (χ1v) is 10.6. The number of thiocarbonyl (C=S) groups is 1. The SMILES string of the molecule is Cc1cc(C2C(c3ccccn3)NC(=S)N2CCO)c(C)n1-c1ccccc1C(F)(F)F. The van der Waals surface area contributed by atoms with Gasteiger partial charge in [0.1, 0.15) is 0 Å². The molecule has 3 heterocycles. The van der Waals surface area contributed by atoms with Crippen LogP contribution in [-0.2, 0) is 6.18 Å². The minimum absolute atomic E-state index is 0.0814. The number of halogens is 3. The number of aromatic nitrogens is 2. The molecule has 1 fully saturated rings. The maximum absolute atomic E-state index is 13.7. The molecule has 2 aromatic heterocycles. The Kier molecular flexibility index (Phi) is 5.96. The fourth-order valence-electron chi connectivity index (χ4n) is 4.46. The number of pyridine rings is 1. The number of nitrogens with zero attached hydrogens (tertiary/aromatic N) is 3. The normalized spacial score (nSPS) is 18.8. The second-order valence-corrected chi connectivity index (χ2v) is 8.11. The number of alkyl halides is 3. The average molecular weight is 461 g/mol. The molecule has 168 valence electrons. The van der Waals surface area contributed by atoms with Gasteiger partial charge in [0, 0.05) is 24.1 Å². The third-order valence-electron chi connectivity index (χ3n) is 5.78. The molecule has 0 saturated carbocycles. The second kappa shape index (κ2) is 8.55. The number of para-hydroxylation sites is 1. The van der Waals surface area contributed by atoms with Crippen LogP contribution in [0.2, 0.25) is 0 Å². The molecule has 1 saturated heterocycles. The zero-order chi connectivity index (χ0) is 23.0. The molecule has 4 rings (SSSR count). The number of benzene rings is 1. The number of hydrogen-bond acceptors (Lipinski definition) is 3. The van der Waals surface area contributed by atoms with Gasteiger partial charge in [-0.25, -0.2) is 0 Å². The van der Waals surface area contributed by atoms with Crippen LogP contribution in [0.3, 0.4) is 0 Å². The molecule has 32 heavy (non-hydrogen) atoms. The smallest absolute Gasteiger partial charge is 0.395 e. The van der Waals surface area contributed by atoms with Gasteiger partial charge < -0.3 is 19.9 Å². The van der Waals surface area contributed by atoms with Crippen LogP contribution in [0.25, 0.3) is 5.69 Å². The van der Waals surface area contributed by atoms with Crippen molar-refractivity contribution in [3.63, 3.8) is 0 Å². The Morgan fingerprint density at radius 1 is 1.12 bits per heavy atom. The van der Waals surface area contributed by atoms with Crippen molar-refractivity contribution < 1.29 is 18.3 Å². The number of aliphatic hydroxyl groups excluding tert-OH is 1. The van der Waals surface area contributed by atoms with Crippen LogP contribution in [-0.4, -0.2) is 37.8 Å². The molecule has 0 spiro atoms. The summed E-state index contributed by atoms with van der Waals surface area (Å²) in [6, 6.07) is 12.4. The first kappa shape index (κ1) is 22.3. The van der Waals surface area contributed by atoms with Crippen molar-refractivity contribution >= 4 is 17.3 Å². The van der Waals surface area contributed by atoms with Gasteiger partial charge in [-0.3, -0.25) is 4.98 Å². The summed E-state index contributed by atoms with van der Waals surface area (Å²) in [6.45, 7) is 3.78. The van der Waals surface area contributed by atoms with E-state index in [0.29, 0.717) is 23.0 Å². The molecule has 2 atom stereocenters. The zero-order valence-corrected chi connectivity index (χ0v) is 18.4.